The summed E-state index contributed by atoms with van der Waals surface area (Å²) >= 11 is 9.92. The molecule has 19 heavy (non-hydrogen) atoms. The van der Waals surface area contributed by atoms with Gasteiger partial charge in [-0.05, 0) is 72.3 Å². The van der Waals surface area contributed by atoms with Gasteiger partial charge in [-0.1, -0.05) is 17.7 Å². The lowest BCUT2D eigenvalue weighted by molar-refractivity contribution is 0.155. The molecule has 1 aromatic rings. The maximum atomic E-state index is 6.41. The number of halogens is 2. The van der Waals surface area contributed by atoms with Crippen LogP contribution in [0, 0.1) is 5.41 Å². The Labute approximate surface area is 128 Å². The average Bonchev–Trinajstić information content (AvgIpc) is 2.44. The van der Waals surface area contributed by atoms with Gasteiger partial charge in [0.2, 0.25) is 0 Å². The summed E-state index contributed by atoms with van der Waals surface area (Å²) in [6.07, 6.45) is 5.29. The minimum absolute atomic E-state index is 0.597. The topological polar surface area (TPSA) is 15.3 Å². The van der Waals surface area contributed by atoms with Crippen LogP contribution in [-0.2, 0) is 0 Å². The Balaban J connectivity index is 1.71. The second-order valence-corrected chi connectivity index (χ2v) is 7.04. The van der Waals surface area contributed by atoms with Crippen molar-refractivity contribution in [2.45, 2.75) is 25.7 Å². The molecule has 0 saturated carbocycles. The third-order valence-electron chi connectivity index (χ3n) is 4.76. The number of hydrogen-bond donors (Lipinski definition) is 1. The van der Waals surface area contributed by atoms with E-state index in [1.807, 2.05) is 6.07 Å². The standard InChI is InChI=1S/C15H20BrClN2/c16-12-2-1-3-13(14(12)17)19-10-6-15(7-11-19)4-8-18-9-5-15/h1-3,18H,4-11H2. The number of rotatable bonds is 1. The van der Waals surface area contributed by atoms with Crippen molar-refractivity contribution in [3.05, 3.63) is 27.7 Å². The summed E-state index contributed by atoms with van der Waals surface area (Å²) < 4.78 is 0.994. The molecule has 1 spiro atoms. The normalized spacial score (nSPS) is 22.7. The highest BCUT2D eigenvalue weighted by Crippen LogP contribution is 2.42. The van der Waals surface area contributed by atoms with E-state index in [1.54, 1.807) is 0 Å². The second-order valence-electron chi connectivity index (χ2n) is 5.81. The Kier molecular flexibility index (Phi) is 4.06. The predicted octanol–water partition coefficient (Wildman–Crippen LogP) is 4.07. The van der Waals surface area contributed by atoms with Crippen LogP contribution in [0.2, 0.25) is 5.02 Å². The molecule has 0 amide bonds. The lowest BCUT2D eigenvalue weighted by Gasteiger charge is -2.45. The monoisotopic (exact) mass is 342 g/mol. The third kappa shape index (κ3) is 2.79. The highest BCUT2D eigenvalue weighted by atomic mass is 79.9. The molecule has 104 valence electrons. The predicted molar refractivity (Wildman–Crippen MR) is 85.1 cm³/mol. The molecule has 0 unspecified atom stereocenters. The molecule has 0 aliphatic carbocycles. The smallest absolute Gasteiger partial charge is 0.0781 e. The molecule has 2 saturated heterocycles. The Morgan fingerprint density at radius 3 is 2.47 bits per heavy atom. The van der Waals surface area contributed by atoms with E-state index in [1.165, 1.54) is 44.5 Å². The van der Waals surface area contributed by atoms with Gasteiger partial charge in [-0.3, -0.25) is 0 Å². The Bertz CT molecular complexity index is 447. The summed E-state index contributed by atoms with van der Waals surface area (Å²) in [7, 11) is 0. The molecule has 1 aromatic carbocycles. The van der Waals surface area contributed by atoms with Crippen LogP contribution in [0.4, 0.5) is 5.69 Å². The first-order chi connectivity index (χ1) is 9.20. The fraction of sp³-hybridized carbons (Fsp3) is 0.600. The lowest BCUT2D eigenvalue weighted by atomic mass is 9.71. The summed E-state index contributed by atoms with van der Waals surface area (Å²) in [5.74, 6) is 0. The van der Waals surface area contributed by atoms with Crippen molar-refractivity contribution in [2.75, 3.05) is 31.1 Å². The molecule has 4 heteroatoms. The maximum Gasteiger partial charge on any atom is 0.0781 e. The molecule has 0 aromatic heterocycles. The first-order valence-electron chi connectivity index (χ1n) is 7.10. The van der Waals surface area contributed by atoms with Gasteiger partial charge in [-0.15, -0.1) is 0 Å². The summed E-state index contributed by atoms with van der Waals surface area (Å²) in [5.41, 5.74) is 1.78. The van der Waals surface area contributed by atoms with Crippen LogP contribution in [0.25, 0.3) is 0 Å². The molecule has 3 rings (SSSR count). The van der Waals surface area contributed by atoms with E-state index in [4.69, 9.17) is 11.6 Å². The fourth-order valence-electron chi connectivity index (χ4n) is 3.42. The maximum absolute atomic E-state index is 6.41. The number of nitrogens with zero attached hydrogens (tertiary/aromatic N) is 1. The van der Waals surface area contributed by atoms with E-state index >= 15 is 0 Å². The van der Waals surface area contributed by atoms with Crippen molar-refractivity contribution in [3.63, 3.8) is 0 Å². The minimum atomic E-state index is 0.597. The van der Waals surface area contributed by atoms with Gasteiger partial charge in [0.1, 0.15) is 0 Å². The van der Waals surface area contributed by atoms with E-state index in [0.717, 1.165) is 22.6 Å². The number of benzene rings is 1. The number of anilines is 1. The number of piperidine rings is 2. The largest absolute Gasteiger partial charge is 0.370 e. The van der Waals surface area contributed by atoms with E-state index in [-0.39, 0.29) is 0 Å². The molecule has 1 N–H and O–H groups in total. The van der Waals surface area contributed by atoms with Crippen LogP contribution in [0.3, 0.4) is 0 Å². The van der Waals surface area contributed by atoms with E-state index in [0.29, 0.717) is 5.41 Å². The molecule has 0 atom stereocenters. The van der Waals surface area contributed by atoms with E-state index < -0.39 is 0 Å². The zero-order chi connectivity index (χ0) is 13.3. The number of nitrogens with one attached hydrogen (secondary N) is 1. The van der Waals surface area contributed by atoms with Gasteiger partial charge in [0.15, 0.2) is 0 Å². The van der Waals surface area contributed by atoms with Gasteiger partial charge in [-0.2, -0.15) is 0 Å². The number of hydrogen-bond acceptors (Lipinski definition) is 2. The summed E-state index contributed by atoms with van der Waals surface area (Å²) in [6, 6.07) is 6.21. The third-order valence-corrected chi connectivity index (χ3v) is 6.05. The summed E-state index contributed by atoms with van der Waals surface area (Å²) in [5, 5.41) is 4.33. The van der Waals surface area contributed by atoms with Crippen molar-refractivity contribution in [3.8, 4) is 0 Å². The van der Waals surface area contributed by atoms with Crippen LogP contribution in [0.1, 0.15) is 25.7 Å². The average molecular weight is 344 g/mol. The molecular weight excluding hydrogens is 324 g/mol. The Hall–Kier alpha value is -0.250. The molecular formula is C15H20BrClN2. The van der Waals surface area contributed by atoms with Crippen molar-refractivity contribution in [2.24, 2.45) is 5.41 Å². The zero-order valence-electron chi connectivity index (χ0n) is 11.1. The fourth-order valence-corrected chi connectivity index (χ4v) is 4.02. The zero-order valence-corrected chi connectivity index (χ0v) is 13.4. The molecule has 0 bridgehead atoms. The Morgan fingerprint density at radius 1 is 1.11 bits per heavy atom. The van der Waals surface area contributed by atoms with E-state index in [9.17, 15) is 0 Å². The van der Waals surface area contributed by atoms with Gasteiger partial charge in [-0.25, -0.2) is 0 Å². The highest BCUT2D eigenvalue weighted by Gasteiger charge is 2.35. The summed E-state index contributed by atoms with van der Waals surface area (Å²) in [4.78, 5) is 2.44. The quantitative estimate of drug-likeness (QED) is 0.827. The van der Waals surface area contributed by atoms with Crippen molar-refractivity contribution in [1.82, 2.24) is 5.32 Å². The molecule has 2 heterocycles. The first-order valence-corrected chi connectivity index (χ1v) is 8.27. The highest BCUT2D eigenvalue weighted by molar-refractivity contribution is 9.10. The van der Waals surface area contributed by atoms with Crippen LogP contribution in [-0.4, -0.2) is 26.2 Å². The van der Waals surface area contributed by atoms with Crippen LogP contribution in [0.5, 0.6) is 0 Å². The van der Waals surface area contributed by atoms with Gasteiger partial charge in [0.25, 0.3) is 0 Å². The molecule has 2 aliphatic heterocycles. The van der Waals surface area contributed by atoms with Crippen molar-refractivity contribution in [1.29, 1.82) is 0 Å². The molecule has 0 radical (unpaired) electrons. The minimum Gasteiger partial charge on any atom is -0.370 e. The van der Waals surface area contributed by atoms with Crippen LogP contribution in [0.15, 0.2) is 22.7 Å². The van der Waals surface area contributed by atoms with Gasteiger partial charge in [0.05, 0.1) is 10.7 Å². The van der Waals surface area contributed by atoms with Gasteiger partial charge < -0.3 is 10.2 Å². The lowest BCUT2D eigenvalue weighted by Crippen LogP contribution is -2.45. The van der Waals surface area contributed by atoms with Gasteiger partial charge in [0, 0.05) is 17.6 Å². The summed E-state index contributed by atoms with van der Waals surface area (Å²) in [6.45, 7) is 4.65. The van der Waals surface area contributed by atoms with Crippen molar-refractivity contribution >= 4 is 33.2 Å². The van der Waals surface area contributed by atoms with E-state index in [2.05, 4.69) is 38.3 Å². The van der Waals surface area contributed by atoms with Crippen molar-refractivity contribution < 1.29 is 0 Å². The first kappa shape index (κ1) is 13.7. The van der Waals surface area contributed by atoms with Gasteiger partial charge >= 0.3 is 0 Å². The molecule has 2 nitrogen and oxygen atoms in total. The Morgan fingerprint density at radius 2 is 1.79 bits per heavy atom. The van der Waals surface area contributed by atoms with Crippen LogP contribution < -0.4 is 10.2 Å². The van der Waals surface area contributed by atoms with Crippen LogP contribution >= 0.6 is 27.5 Å². The molecule has 2 fully saturated rings. The molecule has 2 aliphatic rings. The SMILES string of the molecule is Clc1c(Br)cccc1N1CCC2(CCNCC2)CC1. The second kappa shape index (κ2) is 5.63.